The van der Waals surface area contributed by atoms with E-state index < -0.39 is 0 Å². The summed E-state index contributed by atoms with van der Waals surface area (Å²) < 4.78 is 0. The van der Waals surface area contributed by atoms with Crippen molar-refractivity contribution in [3.05, 3.63) is 12.2 Å². The fourth-order valence-corrected chi connectivity index (χ4v) is 1.57. The van der Waals surface area contributed by atoms with Gasteiger partial charge in [0.05, 0.1) is 10.8 Å². The van der Waals surface area contributed by atoms with Gasteiger partial charge in [0.1, 0.15) is 0 Å². The molecule has 52 valence electrons. The molecule has 1 rings (SSSR count). The summed E-state index contributed by atoms with van der Waals surface area (Å²) in [5.74, 6) is 0. The third-order valence-electron chi connectivity index (χ3n) is 1.65. The monoisotopic (exact) mass is 164 g/mol. The van der Waals surface area contributed by atoms with Crippen LogP contribution in [0, 0.1) is 0 Å². The van der Waals surface area contributed by atoms with Gasteiger partial charge in [0.2, 0.25) is 0 Å². The zero-order valence-corrected chi connectivity index (χ0v) is 6.75. The van der Waals surface area contributed by atoms with Gasteiger partial charge in [-0.3, -0.25) is 0 Å². The summed E-state index contributed by atoms with van der Waals surface area (Å²) in [5, 5.41) is 0.282. The fourth-order valence-electron chi connectivity index (χ4n) is 1.03. The summed E-state index contributed by atoms with van der Waals surface area (Å²) in [6, 6.07) is 0. The van der Waals surface area contributed by atoms with E-state index in [1.165, 1.54) is 5.57 Å². The molecule has 0 aromatic rings. The molecule has 0 unspecified atom stereocenters. The average molecular weight is 165 g/mol. The van der Waals surface area contributed by atoms with Gasteiger partial charge in [0.25, 0.3) is 0 Å². The summed E-state index contributed by atoms with van der Waals surface area (Å²) in [6.45, 7) is 3.86. The molecule has 0 saturated heterocycles. The lowest BCUT2D eigenvalue weighted by Crippen LogP contribution is -2.20. The third-order valence-corrected chi connectivity index (χ3v) is 2.76. The van der Waals surface area contributed by atoms with Gasteiger partial charge >= 0.3 is 0 Å². The van der Waals surface area contributed by atoms with Gasteiger partial charge in [-0.05, 0) is 19.3 Å². The molecule has 0 spiro atoms. The standard InChI is InChI=1S/C7H10Cl2/c1-5-2-3-6(8)7(9)4-5/h6-7H,1-4H2/t6-,7-/m0/s1. The molecule has 1 saturated carbocycles. The van der Waals surface area contributed by atoms with E-state index in [0.29, 0.717) is 0 Å². The van der Waals surface area contributed by atoms with E-state index in [0.717, 1.165) is 19.3 Å². The van der Waals surface area contributed by atoms with Crippen molar-refractivity contribution < 1.29 is 0 Å². The number of rotatable bonds is 0. The highest BCUT2D eigenvalue weighted by Gasteiger charge is 2.22. The normalized spacial score (nSPS) is 36.9. The first-order chi connectivity index (χ1) is 4.20. The molecule has 0 heterocycles. The van der Waals surface area contributed by atoms with Crippen LogP contribution in [0.2, 0.25) is 0 Å². The lowest BCUT2D eigenvalue weighted by Gasteiger charge is -2.22. The molecular weight excluding hydrogens is 155 g/mol. The molecule has 0 aromatic carbocycles. The van der Waals surface area contributed by atoms with E-state index in [2.05, 4.69) is 6.58 Å². The first-order valence-corrected chi connectivity index (χ1v) is 4.02. The highest BCUT2D eigenvalue weighted by atomic mass is 35.5. The Morgan fingerprint density at radius 2 is 2.00 bits per heavy atom. The molecule has 0 N–H and O–H groups in total. The zero-order valence-electron chi connectivity index (χ0n) is 5.24. The Kier molecular flexibility index (Phi) is 2.42. The van der Waals surface area contributed by atoms with Crippen molar-refractivity contribution in [1.82, 2.24) is 0 Å². The van der Waals surface area contributed by atoms with Gasteiger partial charge in [-0.25, -0.2) is 0 Å². The maximum atomic E-state index is 5.87. The van der Waals surface area contributed by atoms with Gasteiger partial charge in [0, 0.05) is 0 Å². The van der Waals surface area contributed by atoms with Gasteiger partial charge < -0.3 is 0 Å². The van der Waals surface area contributed by atoms with Crippen molar-refractivity contribution >= 4 is 23.2 Å². The van der Waals surface area contributed by atoms with Crippen LogP contribution in [0.15, 0.2) is 12.2 Å². The van der Waals surface area contributed by atoms with Crippen molar-refractivity contribution in [2.75, 3.05) is 0 Å². The quantitative estimate of drug-likeness (QED) is 0.382. The molecule has 9 heavy (non-hydrogen) atoms. The Hall–Kier alpha value is 0.320. The Bertz CT molecular complexity index is 120. The minimum atomic E-state index is 0.118. The first-order valence-electron chi connectivity index (χ1n) is 3.15. The second-order valence-corrected chi connectivity index (χ2v) is 3.65. The average Bonchev–Trinajstić information content (AvgIpc) is 1.80. The molecule has 2 atom stereocenters. The second-order valence-electron chi connectivity index (χ2n) is 2.52. The topological polar surface area (TPSA) is 0 Å². The molecular formula is C7H10Cl2. The van der Waals surface area contributed by atoms with E-state index in [1.54, 1.807) is 0 Å². The number of halogens is 2. The van der Waals surface area contributed by atoms with Crippen LogP contribution in [-0.2, 0) is 0 Å². The van der Waals surface area contributed by atoms with Crippen LogP contribution in [0.3, 0.4) is 0 Å². The smallest absolute Gasteiger partial charge is 0.0536 e. The van der Waals surface area contributed by atoms with Crippen molar-refractivity contribution in [1.29, 1.82) is 0 Å². The highest BCUT2D eigenvalue weighted by molar-refractivity contribution is 6.30. The largest absolute Gasteiger partial charge is 0.121 e. The molecule has 0 radical (unpaired) electrons. The summed E-state index contributed by atoms with van der Waals surface area (Å²) in [5.41, 5.74) is 1.24. The molecule has 1 aliphatic rings. The molecule has 0 aromatic heterocycles. The van der Waals surface area contributed by atoms with Crippen LogP contribution in [0.5, 0.6) is 0 Å². The Morgan fingerprint density at radius 3 is 2.44 bits per heavy atom. The van der Waals surface area contributed by atoms with E-state index in [4.69, 9.17) is 23.2 Å². The molecule has 2 heteroatoms. The predicted octanol–water partition coefficient (Wildman–Crippen LogP) is 2.94. The van der Waals surface area contributed by atoms with E-state index in [-0.39, 0.29) is 10.8 Å². The lowest BCUT2D eigenvalue weighted by molar-refractivity contribution is 0.617. The maximum absolute atomic E-state index is 5.87. The van der Waals surface area contributed by atoms with Crippen molar-refractivity contribution in [2.24, 2.45) is 0 Å². The second kappa shape index (κ2) is 2.94. The first kappa shape index (κ1) is 7.43. The highest BCUT2D eigenvalue weighted by Crippen LogP contribution is 2.29. The summed E-state index contributed by atoms with van der Waals surface area (Å²) in [4.78, 5) is 0. The molecule has 1 fully saturated rings. The number of alkyl halides is 2. The fraction of sp³-hybridized carbons (Fsp3) is 0.714. The number of hydrogen-bond donors (Lipinski definition) is 0. The molecule has 1 aliphatic carbocycles. The van der Waals surface area contributed by atoms with E-state index in [1.807, 2.05) is 0 Å². The molecule has 0 aliphatic heterocycles. The predicted molar refractivity (Wildman–Crippen MR) is 42.3 cm³/mol. The Balaban J connectivity index is 2.44. The third kappa shape index (κ3) is 1.87. The molecule has 0 bridgehead atoms. The van der Waals surface area contributed by atoms with E-state index in [9.17, 15) is 0 Å². The zero-order chi connectivity index (χ0) is 6.85. The van der Waals surface area contributed by atoms with E-state index >= 15 is 0 Å². The van der Waals surface area contributed by atoms with Crippen molar-refractivity contribution in [2.45, 2.75) is 30.0 Å². The van der Waals surface area contributed by atoms with Crippen LogP contribution in [0.4, 0.5) is 0 Å². The number of allylic oxidation sites excluding steroid dienone is 1. The lowest BCUT2D eigenvalue weighted by atomic mass is 9.95. The van der Waals surface area contributed by atoms with Crippen LogP contribution in [0.25, 0.3) is 0 Å². The van der Waals surface area contributed by atoms with Crippen molar-refractivity contribution in [3.8, 4) is 0 Å². The Labute approximate surface area is 65.8 Å². The summed E-state index contributed by atoms with van der Waals surface area (Å²) >= 11 is 11.7. The SMILES string of the molecule is C=C1CC[C@H](Cl)[C@@H](Cl)C1. The molecule has 0 amide bonds. The minimum Gasteiger partial charge on any atom is -0.121 e. The van der Waals surface area contributed by atoms with Crippen LogP contribution in [-0.4, -0.2) is 10.8 Å². The maximum Gasteiger partial charge on any atom is 0.0536 e. The van der Waals surface area contributed by atoms with Gasteiger partial charge in [-0.15, -0.1) is 23.2 Å². The summed E-state index contributed by atoms with van der Waals surface area (Å²) in [7, 11) is 0. The van der Waals surface area contributed by atoms with Crippen LogP contribution < -0.4 is 0 Å². The van der Waals surface area contributed by atoms with Gasteiger partial charge in [-0.1, -0.05) is 12.2 Å². The Morgan fingerprint density at radius 1 is 1.33 bits per heavy atom. The van der Waals surface area contributed by atoms with Gasteiger partial charge in [-0.2, -0.15) is 0 Å². The van der Waals surface area contributed by atoms with Gasteiger partial charge in [0.15, 0.2) is 0 Å². The minimum absolute atomic E-state index is 0.118. The van der Waals surface area contributed by atoms with Crippen molar-refractivity contribution in [3.63, 3.8) is 0 Å². The van der Waals surface area contributed by atoms with Crippen LogP contribution >= 0.6 is 23.2 Å². The summed E-state index contributed by atoms with van der Waals surface area (Å²) in [6.07, 6.45) is 2.95. The molecule has 0 nitrogen and oxygen atoms in total. The number of hydrogen-bond acceptors (Lipinski definition) is 0. The van der Waals surface area contributed by atoms with Crippen LogP contribution in [0.1, 0.15) is 19.3 Å².